The highest BCUT2D eigenvalue weighted by atomic mass is 16.1. The molecule has 0 radical (unpaired) electrons. The lowest BCUT2D eigenvalue weighted by atomic mass is 10.0. The number of likely N-dealkylation sites (tertiary alicyclic amines) is 2. The van der Waals surface area contributed by atoms with E-state index in [-0.39, 0.29) is 5.78 Å². The zero-order chi connectivity index (χ0) is 14.8. The van der Waals surface area contributed by atoms with Crippen molar-refractivity contribution in [3.8, 4) is 0 Å². The molecule has 0 N–H and O–H groups in total. The molecule has 0 bridgehead atoms. The lowest BCUT2D eigenvalue weighted by Gasteiger charge is -2.23. The number of ketones is 1. The first-order valence-electron chi connectivity index (χ1n) is 8.20. The largest absolute Gasteiger partial charge is 0.299 e. The standard InChI is InChI=1S/C18H26N2O/c1-14-5-6-17(15(2)11-14)18(21)13-19-10-7-16(12-19)20-8-3-4-9-20/h5-6,11,16H,3-4,7-10,12-13H2,1-2H3. The summed E-state index contributed by atoms with van der Waals surface area (Å²) in [4.78, 5) is 17.5. The van der Waals surface area contributed by atoms with Crippen LogP contribution in [0.3, 0.4) is 0 Å². The SMILES string of the molecule is Cc1ccc(C(=O)CN2CCC(N3CCCC3)C2)c(C)c1. The van der Waals surface area contributed by atoms with Crippen molar-refractivity contribution in [3.05, 3.63) is 34.9 Å². The molecule has 0 aromatic heterocycles. The minimum Gasteiger partial charge on any atom is -0.299 e. The van der Waals surface area contributed by atoms with E-state index in [9.17, 15) is 4.79 Å². The summed E-state index contributed by atoms with van der Waals surface area (Å²) in [6.45, 7) is 9.33. The second-order valence-corrected chi connectivity index (χ2v) is 6.66. The van der Waals surface area contributed by atoms with Gasteiger partial charge in [-0.25, -0.2) is 0 Å². The first-order valence-corrected chi connectivity index (χ1v) is 8.20. The highest BCUT2D eigenvalue weighted by Gasteiger charge is 2.30. The monoisotopic (exact) mass is 286 g/mol. The number of Topliss-reactive ketones (excluding diaryl/α,β-unsaturated/α-hetero) is 1. The summed E-state index contributed by atoms with van der Waals surface area (Å²) < 4.78 is 0. The summed E-state index contributed by atoms with van der Waals surface area (Å²) >= 11 is 0. The van der Waals surface area contributed by atoms with Crippen LogP contribution in [0.4, 0.5) is 0 Å². The molecule has 2 aliphatic rings. The van der Waals surface area contributed by atoms with Gasteiger partial charge in [0.1, 0.15) is 0 Å². The van der Waals surface area contributed by atoms with E-state index in [2.05, 4.69) is 22.8 Å². The molecule has 21 heavy (non-hydrogen) atoms. The summed E-state index contributed by atoms with van der Waals surface area (Å²) in [5.74, 6) is 0.273. The van der Waals surface area contributed by atoms with E-state index in [0.717, 1.165) is 24.2 Å². The number of rotatable bonds is 4. The number of hydrogen-bond donors (Lipinski definition) is 0. The van der Waals surface area contributed by atoms with Gasteiger partial charge in [-0.3, -0.25) is 14.6 Å². The van der Waals surface area contributed by atoms with Gasteiger partial charge >= 0.3 is 0 Å². The predicted octanol–water partition coefficient (Wildman–Crippen LogP) is 2.66. The van der Waals surface area contributed by atoms with Gasteiger partial charge in [-0.2, -0.15) is 0 Å². The second-order valence-electron chi connectivity index (χ2n) is 6.66. The third kappa shape index (κ3) is 3.35. The van der Waals surface area contributed by atoms with Crippen LogP contribution in [0.25, 0.3) is 0 Å². The first kappa shape index (κ1) is 14.7. The summed E-state index contributed by atoms with van der Waals surface area (Å²) in [7, 11) is 0. The lowest BCUT2D eigenvalue weighted by Crippen LogP contribution is -2.36. The maximum atomic E-state index is 12.5. The smallest absolute Gasteiger partial charge is 0.177 e. The minimum atomic E-state index is 0.273. The average molecular weight is 286 g/mol. The summed E-state index contributed by atoms with van der Waals surface area (Å²) in [5.41, 5.74) is 3.22. The van der Waals surface area contributed by atoms with E-state index < -0.39 is 0 Å². The quantitative estimate of drug-likeness (QED) is 0.795. The van der Waals surface area contributed by atoms with Gasteiger partial charge in [0.15, 0.2) is 5.78 Å². The molecule has 2 aliphatic heterocycles. The number of carbonyl (C=O) groups is 1. The maximum Gasteiger partial charge on any atom is 0.177 e. The molecule has 0 aliphatic carbocycles. The van der Waals surface area contributed by atoms with E-state index in [1.165, 1.54) is 37.9 Å². The summed E-state index contributed by atoms with van der Waals surface area (Å²) in [5, 5.41) is 0. The molecule has 3 nitrogen and oxygen atoms in total. The Hall–Kier alpha value is -1.19. The Morgan fingerprint density at radius 3 is 2.67 bits per heavy atom. The van der Waals surface area contributed by atoms with Crippen LogP contribution in [0.5, 0.6) is 0 Å². The van der Waals surface area contributed by atoms with Gasteiger partial charge < -0.3 is 0 Å². The van der Waals surface area contributed by atoms with Crippen LogP contribution in [0.2, 0.25) is 0 Å². The normalized spacial score (nSPS) is 23.8. The van der Waals surface area contributed by atoms with Crippen LogP contribution in [-0.4, -0.2) is 54.3 Å². The van der Waals surface area contributed by atoms with Crippen LogP contribution in [0.15, 0.2) is 18.2 Å². The van der Waals surface area contributed by atoms with Crippen molar-refractivity contribution in [1.29, 1.82) is 0 Å². The number of aryl methyl sites for hydroxylation is 2. The molecular formula is C18H26N2O. The molecule has 1 aromatic rings. The predicted molar refractivity (Wildman–Crippen MR) is 85.9 cm³/mol. The molecule has 1 unspecified atom stereocenters. The zero-order valence-electron chi connectivity index (χ0n) is 13.3. The van der Waals surface area contributed by atoms with Crippen molar-refractivity contribution in [2.45, 2.75) is 39.2 Å². The molecule has 3 heteroatoms. The zero-order valence-corrected chi connectivity index (χ0v) is 13.3. The Kier molecular flexibility index (Phi) is 4.41. The van der Waals surface area contributed by atoms with Crippen molar-refractivity contribution in [1.82, 2.24) is 9.80 Å². The van der Waals surface area contributed by atoms with Crippen molar-refractivity contribution in [2.24, 2.45) is 0 Å². The third-order valence-corrected chi connectivity index (χ3v) is 4.95. The summed E-state index contributed by atoms with van der Waals surface area (Å²) in [6.07, 6.45) is 3.91. The third-order valence-electron chi connectivity index (χ3n) is 4.95. The van der Waals surface area contributed by atoms with E-state index in [1.807, 2.05) is 19.1 Å². The Balaban J connectivity index is 1.58. The van der Waals surface area contributed by atoms with Crippen LogP contribution >= 0.6 is 0 Å². The molecule has 1 aromatic carbocycles. The lowest BCUT2D eigenvalue weighted by molar-refractivity contribution is 0.0939. The van der Waals surface area contributed by atoms with Gasteiger partial charge in [-0.05, 0) is 51.8 Å². The fourth-order valence-corrected chi connectivity index (χ4v) is 3.78. The van der Waals surface area contributed by atoms with E-state index in [4.69, 9.17) is 0 Å². The fourth-order valence-electron chi connectivity index (χ4n) is 3.78. The van der Waals surface area contributed by atoms with E-state index in [1.54, 1.807) is 0 Å². The fraction of sp³-hybridized carbons (Fsp3) is 0.611. The van der Waals surface area contributed by atoms with Gasteiger partial charge in [0.25, 0.3) is 0 Å². The van der Waals surface area contributed by atoms with E-state index in [0.29, 0.717) is 12.6 Å². The minimum absolute atomic E-state index is 0.273. The Morgan fingerprint density at radius 2 is 1.95 bits per heavy atom. The van der Waals surface area contributed by atoms with Crippen molar-refractivity contribution < 1.29 is 4.79 Å². The molecule has 1 atom stereocenters. The highest BCUT2D eigenvalue weighted by molar-refractivity contribution is 5.99. The first-order chi connectivity index (χ1) is 10.1. The number of nitrogens with zero attached hydrogens (tertiary/aromatic N) is 2. The molecule has 2 heterocycles. The number of carbonyl (C=O) groups excluding carboxylic acids is 1. The van der Waals surface area contributed by atoms with Gasteiger partial charge in [0.05, 0.1) is 6.54 Å². The van der Waals surface area contributed by atoms with Gasteiger partial charge in [-0.15, -0.1) is 0 Å². The topological polar surface area (TPSA) is 23.6 Å². The number of benzene rings is 1. The van der Waals surface area contributed by atoms with Gasteiger partial charge in [-0.1, -0.05) is 23.8 Å². The highest BCUT2D eigenvalue weighted by Crippen LogP contribution is 2.21. The molecular weight excluding hydrogens is 260 g/mol. The van der Waals surface area contributed by atoms with Crippen LogP contribution in [-0.2, 0) is 0 Å². The van der Waals surface area contributed by atoms with Gasteiger partial charge in [0, 0.05) is 24.7 Å². The molecule has 0 spiro atoms. The van der Waals surface area contributed by atoms with E-state index >= 15 is 0 Å². The molecule has 3 rings (SSSR count). The van der Waals surface area contributed by atoms with Crippen LogP contribution in [0.1, 0.15) is 40.7 Å². The maximum absolute atomic E-state index is 12.5. The molecule has 114 valence electrons. The van der Waals surface area contributed by atoms with Crippen molar-refractivity contribution in [3.63, 3.8) is 0 Å². The number of hydrogen-bond acceptors (Lipinski definition) is 3. The van der Waals surface area contributed by atoms with Crippen LogP contribution in [0, 0.1) is 13.8 Å². The molecule has 0 saturated carbocycles. The van der Waals surface area contributed by atoms with Crippen LogP contribution < -0.4 is 0 Å². The Bertz CT molecular complexity index is 520. The second kappa shape index (κ2) is 6.29. The molecule has 2 saturated heterocycles. The Labute approximate surface area is 127 Å². The van der Waals surface area contributed by atoms with Crippen molar-refractivity contribution >= 4 is 5.78 Å². The molecule has 2 fully saturated rings. The van der Waals surface area contributed by atoms with Gasteiger partial charge in [0.2, 0.25) is 0 Å². The Morgan fingerprint density at radius 1 is 1.19 bits per heavy atom. The average Bonchev–Trinajstić information content (AvgIpc) is 3.08. The molecule has 0 amide bonds. The summed E-state index contributed by atoms with van der Waals surface area (Å²) in [6, 6.07) is 6.81. The van der Waals surface area contributed by atoms with Crippen molar-refractivity contribution in [2.75, 3.05) is 32.7 Å².